The summed E-state index contributed by atoms with van der Waals surface area (Å²) in [6.45, 7) is 0.540. The van der Waals surface area contributed by atoms with Gasteiger partial charge in [0.1, 0.15) is 5.82 Å². The first kappa shape index (κ1) is 19.2. The van der Waals surface area contributed by atoms with Crippen molar-refractivity contribution in [1.82, 2.24) is 9.97 Å². The Hall–Kier alpha value is -2.60. The number of alkyl halides is 3. The van der Waals surface area contributed by atoms with Crippen LogP contribution in [0, 0.1) is 0 Å². The van der Waals surface area contributed by atoms with Gasteiger partial charge < -0.3 is 10.7 Å². The largest absolute Gasteiger partial charge is 0.416 e. The van der Waals surface area contributed by atoms with Crippen molar-refractivity contribution >= 4 is 0 Å². The standard InChI is InChI=1S/C21H22F3N3/c22-21(23,24)17-8-4-7-16(13-17)19(15-5-2-1-3-6-15)9-10-20-26-14-18(27-20)11-12-25/h1-8,13-14,19H,9-12,25H2,(H,26,27). The Morgan fingerprint density at radius 3 is 2.41 bits per heavy atom. The highest BCUT2D eigenvalue weighted by Gasteiger charge is 2.31. The Balaban J connectivity index is 1.85. The average molecular weight is 373 g/mol. The summed E-state index contributed by atoms with van der Waals surface area (Å²) in [4.78, 5) is 7.60. The Morgan fingerprint density at radius 2 is 1.70 bits per heavy atom. The van der Waals surface area contributed by atoms with Gasteiger partial charge in [-0.3, -0.25) is 0 Å². The molecule has 0 aliphatic carbocycles. The number of benzene rings is 2. The van der Waals surface area contributed by atoms with Crippen LogP contribution in [-0.4, -0.2) is 16.5 Å². The Kier molecular flexibility index (Phi) is 5.96. The van der Waals surface area contributed by atoms with Gasteiger partial charge in [0, 0.05) is 30.7 Å². The molecule has 3 aromatic rings. The van der Waals surface area contributed by atoms with Gasteiger partial charge in [0.05, 0.1) is 5.56 Å². The van der Waals surface area contributed by atoms with Gasteiger partial charge >= 0.3 is 6.18 Å². The fraction of sp³-hybridized carbons (Fsp3) is 0.286. The minimum Gasteiger partial charge on any atom is -0.346 e. The molecule has 0 aliphatic heterocycles. The molecule has 3 rings (SSSR count). The molecule has 3 nitrogen and oxygen atoms in total. The number of hydrogen-bond donors (Lipinski definition) is 2. The molecule has 27 heavy (non-hydrogen) atoms. The third-order valence-corrected chi connectivity index (χ3v) is 4.58. The summed E-state index contributed by atoms with van der Waals surface area (Å²) in [6.07, 6.45) is -0.566. The van der Waals surface area contributed by atoms with Crippen molar-refractivity contribution in [2.24, 2.45) is 5.73 Å². The van der Waals surface area contributed by atoms with Gasteiger partial charge in [-0.15, -0.1) is 0 Å². The van der Waals surface area contributed by atoms with Crippen LogP contribution in [0.15, 0.2) is 60.8 Å². The molecule has 0 fully saturated rings. The molecule has 1 aromatic heterocycles. The molecule has 0 bridgehead atoms. The summed E-state index contributed by atoms with van der Waals surface area (Å²) in [5.74, 6) is 0.683. The minimum atomic E-state index is -4.35. The van der Waals surface area contributed by atoms with Crippen molar-refractivity contribution in [2.75, 3.05) is 6.54 Å². The first-order valence-corrected chi connectivity index (χ1v) is 8.92. The van der Waals surface area contributed by atoms with Gasteiger partial charge in [-0.2, -0.15) is 13.2 Å². The molecule has 1 heterocycles. The van der Waals surface area contributed by atoms with Crippen molar-refractivity contribution < 1.29 is 13.2 Å². The molecule has 0 radical (unpaired) electrons. The lowest BCUT2D eigenvalue weighted by Gasteiger charge is -2.19. The SMILES string of the molecule is NCCc1cnc(CCC(c2ccccc2)c2cccc(C(F)(F)F)c2)[nH]1. The summed E-state index contributed by atoms with van der Waals surface area (Å²) >= 11 is 0. The Labute approximate surface area is 156 Å². The number of aromatic amines is 1. The molecule has 0 saturated carbocycles. The summed E-state index contributed by atoms with van der Waals surface area (Å²) in [5.41, 5.74) is 7.56. The maximum atomic E-state index is 13.1. The van der Waals surface area contributed by atoms with Gasteiger partial charge in [0.15, 0.2) is 0 Å². The number of imidazole rings is 1. The minimum absolute atomic E-state index is 0.142. The predicted octanol–water partition coefficient (Wildman–Crippen LogP) is 4.69. The topological polar surface area (TPSA) is 54.7 Å². The van der Waals surface area contributed by atoms with Crippen molar-refractivity contribution in [3.05, 3.63) is 89.0 Å². The molecule has 0 amide bonds. The number of rotatable bonds is 7. The van der Waals surface area contributed by atoms with Crippen molar-refractivity contribution in [3.63, 3.8) is 0 Å². The monoisotopic (exact) mass is 373 g/mol. The van der Waals surface area contributed by atoms with Crippen LogP contribution in [0.4, 0.5) is 13.2 Å². The lowest BCUT2D eigenvalue weighted by Crippen LogP contribution is -2.09. The third kappa shape index (κ3) is 4.98. The van der Waals surface area contributed by atoms with E-state index in [9.17, 15) is 13.2 Å². The highest BCUT2D eigenvalue weighted by Crippen LogP contribution is 2.34. The van der Waals surface area contributed by atoms with Crippen LogP contribution in [-0.2, 0) is 19.0 Å². The first-order chi connectivity index (χ1) is 13.0. The summed E-state index contributed by atoms with van der Waals surface area (Å²) < 4.78 is 39.4. The number of nitrogens with zero attached hydrogens (tertiary/aromatic N) is 1. The van der Waals surface area contributed by atoms with Crippen LogP contribution < -0.4 is 5.73 Å². The van der Waals surface area contributed by atoms with Crippen molar-refractivity contribution in [1.29, 1.82) is 0 Å². The van der Waals surface area contributed by atoms with Crippen LogP contribution in [0.3, 0.4) is 0 Å². The average Bonchev–Trinajstić information content (AvgIpc) is 3.10. The van der Waals surface area contributed by atoms with Gasteiger partial charge in [0.2, 0.25) is 0 Å². The zero-order chi connectivity index (χ0) is 19.3. The second kappa shape index (κ2) is 8.39. The van der Waals surface area contributed by atoms with Gasteiger partial charge in [0.25, 0.3) is 0 Å². The lowest BCUT2D eigenvalue weighted by atomic mass is 9.86. The van der Waals surface area contributed by atoms with Crippen LogP contribution in [0.1, 0.15) is 40.5 Å². The number of aromatic nitrogens is 2. The fourth-order valence-electron chi connectivity index (χ4n) is 3.24. The molecule has 6 heteroatoms. The van der Waals surface area contributed by atoms with Crippen molar-refractivity contribution in [2.45, 2.75) is 31.4 Å². The second-order valence-electron chi connectivity index (χ2n) is 6.52. The van der Waals surface area contributed by atoms with Gasteiger partial charge in [-0.05, 0) is 30.2 Å². The number of hydrogen-bond acceptors (Lipinski definition) is 2. The summed E-state index contributed by atoms with van der Waals surface area (Å²) in [7, 11) is 0. The molecular weight excluding hydrogens is 351 g/mol. The van der Waals surface area contributed by atoms with Gasteiger partial charge in [-0.25, -0.2) is 4.98 Å². The molecule has 0 saturated heterocycles. The van der Waals surface area contributed by atoms with E-state index in [1.807, 2.05) is 30.3 Å². The number of halogens is 3. The quantitative estimate of drug-likeness (QED) is 0.631. The van der Waals surface area contributed by atoms with E-state index in [-0.39, 0.29) is 5.92 Å². The molecular formula is C21H22F3N3. The van der Waals surface area contributed by atoms with E-state index in [2.05, 4.69) is 9.97 Å². The van der Waals surface area contributed by atoms with Crippen LogP contribution in [0.2, 0.25) is 0 Å². The maximum Gasteiger partial charge on any atom is 0.416 e. The molecule has 142 valence electrons. The van der Waals surface area contributed by atoms with E-state index in [0.717, 1.165) is 29.6 Å². The molecule has 2 aromatic carbocycles. The number of H-pyrrole nitrogens is 1. The zero-order valence-electron chi connectivity index (χ0n) is 14.8. The highest BCUT2D eigenvalue weighted by atomic mass is 19.4. The molecule has 0 aliphatic rings. The van der Waals surface area contributed by atoms with E-state index < -0.39 is 11.7 Å². The van der Waals surface area contributed by atoms with E-state index >= 15 is 0 Å². The van der Waals surface area contributed by atoms with Crippen LogP contribution >= 0.6 is 0 Å². The fourth-order valence-corrected chi connectivity index (χ4v) is 3.24. The summed E-state index contributed by atoms with van der Waals surface area (Å²) in [5, 5.41) is 0. The highest BCUT2D eigenvalue weighted by molar-refractivity contribution is 5.36. The maximum absolute atomic E-state index is 13.1. The lowest BCUT2D eigenvalue weighted by molar-refractivity contribution is -0.137. The number of nitrogens with one attached hydrogen (secondary N) is 1. The zero-order valence-corrected chi connectivity index (χ0v) is 14.8. The van der Waals surface area contributed by atoms with Crippen LogP contribution in [0.25, 0.3) is 0 Å². The number of aryl methyl sites for hydroxylation is 1. The summed E-state index contributed by atoms with van der Waals surface area (Å²) in [6, 6.07) is 15.2. The van der Waals surface area contributed by atoms with E-state index in [1.165, 1.54) is 12.1 Å². The van der Waals surface area contributed by atoms with E-state index in [1.54, 1.807) is 12.3 Å². The molecule has 1 unspecified atom stereocenters. The van der Waals surface area contributed by atoms with Crippen molar-refractivity contribution in [3.8, 4) is 0 Å². The van der Waals surface area contributed by atoms with E-state index in [0.29, 0.717) is 24.9 Å². The molecule has 3 N–H and O–H groups in total. The molecule has 1 atom stereocenters. The first-order valence-electron chi connectivity index (χ1n) is 8.92. The third-order valence-electron chi connectivity index (χ3n) is 4.58. The second-order valence-corrected chi connectivity index (χ2v) is 6.52. The van der Waals surface area contributed by atoms with Gasteiger partial charge in [-0.1, -0.05) is 48.5 Å². The smallest absolute Gasteiger partial charge is 0.346 e. The number of nitrogens with two attached hydrogens (primary N) is 1. The van der Waals surface area contributed by atoms with Crippen LogP contribution in [0.5, 0.6) is 0 Å². The predicted molar refractivity (Wildman–Crippen MR) is 99.4 cm³/mol. The molecule has 0 spiro atoms. The van der Waals surface area contributed by atoms with E-state index in [4.69, 9.17) is 5.73 Å². The Morgan fingerprint density at radius 1 is 0.963 bits per heavy atom. The Bertz CT molecular complexity index is 856. The normalized spacial score (nSPS) is 12.9.